The molecule has 0 aliphatic carbocycles. The quantitative estimate of drug-likeness (QED) is 0.834. The number of hydrogen-bond donors (Lipinski definition) is 2. The molecule has 0 aromatic heterocycles. The van der Waals surface area contributed by atoms with Crippen LogP contribution in [0.2, 0.25) is 5.02 Å². The van der Waals surface area contributed by atoms with Gasteiger partial charge in [-0.1, -0.05) is 23.7 Å². The van der Waals surface area contributed by atoms with E-state index in [0.29, 0.717) is 36.6 Å². The van der Waals surface area contributed by atoms with Gasteiger partial charge in [-0.3, -0.25) is 9.59 Å². The summed E-state index contributed by atoms with van der Waals surface area (Å²) in [5.74, 6) is 0.480. The lowest BCUT2D eigenvalue weighted by Crippen LogP contribution is -2.30. The lowest BCUT2D eigenvalue weighted by atomic mass is 10.0. The molecule has 0 saturated carbocycles. The van der Waals surface area contributed by atoms with Crippen molar-refractivity contribution in [3.63, 3.8) is 0 Å². The monoisotopic (exact) mass is 358 g/mol. The van der Waals surface area contributed by atoms with E-state index in [1.807, 2.05) is 30.3 Å². The van der Waals surface area contributed by atoms with Crippen LogP contribution in [-0.4, -0.2) is 25.0 Å². The van der Waals surface area contributed by atoms with E-state index in [-0.39, 0.29) is 18.4 Å². The zero-order valence-corrected chi connectivity index (χ0v) is 14.4. The van der Waals surface area contributed by atoms with Crippen LogP contribution in [0.1, 0.15) is 17.5 Å². The molecule has 6 heteroatoms. The maximum absolute atomic E-state index is 11.9. The van der Waals surface area contributed by atoms with Gasteiger partial charge in [0.1, 0.15) is 5.75 Å². The van der Waals surface area contributed by atoms with Gasteiger partial charge in [0.25, 0.3) is 5.91 Å². The molecule has 0 bridgehead atoms. The minimum absolute atomic E-state index is 0.0280. The number of hydrogen-bond acceptors (Lipinski definition) is 3. The van der Waals surface area contributed by atoms with Crippen molar-refractivity contribution in [3.05, 3.63) is 58.6 Å². The number of nitrogens with one attached hydrogen (secondary N) is 2. The van der Waals surface area contributed by atoms with E-state index in [1.54, 1.807) is 12.1 Å². The van der Waals surface area contributed by atoms with E-state index in [1.165, 1.54) is 0 Å². The van der Waals surface area contributed by atoms with Gasteiger partial charge in [-0.15, -0.1) is 0 Å². The number of aryl methyl sites for hydroxylation is 1. The normalized spacial score (nSPS) is 12.9. The Morgan fingerprint density at radius 3 is 2.92 bits per heavy atom. The standard InChI is InChI=1S/C19H19ClN2O3/c20-15-3-1-2-13(10-15)8-9-21-19(24)12-25-16-5-6-17-14(11-16)4-7-18(23)22-17/h1-3,5-6,10-11H,4,7-9,12H2,(H,21,24)(H,22,23). The maximum atomic E-state index is 11.9. The van der Waals surface area contributed by atoms with Crippen molar-refractivity contribution >= 4 is 29.1 Å². The summed E-state index contributed by atoms with van der Waals surface area (Å²) in [7, 11) is 0. The first-order valence-corrected chi connectivity index (χ1v) is 8.55. The van der Waals surface area contributed by atoms with E-state index in [0.717, 1.165) is 16.8 Å². The van der Waals surface area contributed by atoms with Crippen molar-refractivity contribution in [2.45, 2.75) is 19.3 Å². The fourth-order valence-corrected chi connectivity index (χ4v) is 2.90. The second-order valence-corrected chi connectivity index (χ2v) is 6.32. The lowest BCUT2D eigenvalue weighted by molar-refractivity contribution is -0.123. The summed E-state index contributed by atoms with van der Waals surface area (Å²) in [4.78, 5) is 23.2. The molecule has 0 atom stereocenters. The Hall–Kier alpha value is -2.53. The highest BCUT2D eigenvalue weighted by Gasteiger charge is 2.15. The van der Waals surface area contributed by atoms with Gasteiger partial charge in [0.15, 0.2) is 6.61 Å². The van der Waals surface area contributed by atoms with Gasteiger partial charge in [0, 0.05) is 23.7 Å². The molecule has 0 spiro atoms. The molecular formula is C19H19ClN2O3. The molecule has 1 aliphatic heterocycles. The third-order valence-corrected chi connectivity index (χ3v) is 4.20. The average Bonchev–Trinajstić information content (AvgIpc) is 2.60. The second-order valence-electron chi connectivity index (χ2n) is 5.89. The van der Waals surface area contributed by atoms with E-state index >= 15 is 0 Å². The Morgan fingerprint density at radius 1 is 1.20 bits per heavy atom. The van der Waals surface area contributed by atoms with E-state index in [2.05, 4.69) is 10.6 Å². The van der Waals surface area contributed by atoms with Crippen LogP contribution in [0.25, 0.3) is 0 Å². The number of benzene rings is 2. The van der Waals surface area contributed by atoms with Crippen molar-refractivity contribution in [1.29, 1.82) is 0 Å². The number of fused-ring (bicyclic) bond motifs is 1. The number of anilines is 1. The van der Waals surface area contributed by atoms with Gasteiger partial charge < -0.3 is 15.4 Å². The highest BCUT2D eigenvalue weighted by molar-refractivity contribution is 6.30. The zero-order valence-electron chi connectivity index (χ0n) is 13.7. The molecule has 25 heavy (non-hydrogen) atoms. The van der Waals surface area contributed by atoms with Gasteiger partial charge in [0.2, 0.25) is 5.91 Å². The topological polar surface area (TPSA) is 67.4 Å². The summed E-state index contributed by atoms with van der Waals surface area (Å²) >= 11 is 5.93. The average molecular weight is 359 g/mol. The molecule has 2 amide bonds. The van der Waals surface area contributed by atoms with Crippen LogP contribution in [0, 0.1) is 0 Å². The van der Waals surface area contributed by atoms with Crippen LogP contribution >= 0.6 is 11.6 Å². The Balaban J connectivity index is 1.44. The Labute approximate surface area is 151 Å². The fourth-order valence-electron chi connectivity index (χ4n) is 2.69. The van der Waals surface area contributed by atoms with E-state index < -0.39 is 0 Å². The molecule has 5 nitrogen and oxygen atoms in total. The fraction of sp³-hybridized carbons (Fsp3) is 0.263. The molecule has 3 rings (SSSR count). The van der Waals surface area contributed by atoms with Gasteiger partial charge in [-0.25, -0.2) is 0 Å². The molecule has 0 saturated heterocycles. The van der Waals surface area contributed by atoms with Gasteiger partial charge in [0.05, 0.1) is 0 Å². The number of rotatable bonds is 6. The molecule has 2 aromatic carbocycles. The summed E-state index contributed by atoms with van der Waals surface area (Å²) in [6, 6.07) is 13.0. The second kappa shape index (κ2) is 8.03. The summed E-state index contributed by atoms with van der Waals surface area (Å²) in [6.45, 7) is 0.486. The molecule has 0 fully saturated rings. The van der Waals surface area contributed by atoms with E-state index in [4.69, 9.17) is 16.3 Å². The Morgan fingerprint density at radius 2 is 2.08 bits per heavy atom. The Bertz CT molecular complexity index is 792. The Kier molecular flexibility index (Phi) is 5.56. The van der Waals surface area contributed by atoms with Crippen LogP contribution < -0.4 is 15.4 Å². The molecule has 1 heterocycles. The first kappa shape index (κ1) is 17.3. The number of carbonyl (C=O) groups is 2. The molecule has 130 valence electrons. The summed E-state index contributed by atoms with van der Waals surface area (Å²) in [5, 5.41) is 6.33. The maximum Gasteiger partial charge on any atom is 0.257 e. The first-order chi connectivity index (χ1) is 12.1. The van der Waals surface area contributed by atoms with Crippen molar-refractivity contribution in [3.8, 4) is 5.75 Å². The number of ether oxygens (including phenoxy) is 1. The minimum atomic E-state index is -0.173. The van der Waals surface area contributed by atoms with Crippen molar-refractivity contribution in [2.75, 3.05) is 18.5 Å². The molecular weight excluding hydrogens is 340 g/mol. The predicted octanol–water partition coefficient (Wildman–Crippen LogP) is 2.96. The van der Waals surface area contributed by atoms with Crippen LogP contribution in [0.5, 0.6) is 5.75 Å². The predicted molar refractivity (Wildman–Crippen MR) is 97.1 cm³/mol. The minimum Gasteiger partial charge on any atom is -0.484 e. The lowest BCUT2D eigenvalue weighted by Gasteiger charge is -2.17. The van der Waals surface area contributed by atoms with Crippen LogP contribution in [0.15, 0.2) is 42.5 Å². The largest absolute Gasteiger partial charge is 0.484 e. The van der Waals surface area contributed by atoms with Gasteiger partial charge >= 0.3 is 0 Å². The summed E-state index contributed by atoms with van der Waals surface area (Å²) in [6.07, 6.45) is 1.87. The highest BCUT2D eigenvalue weighted by atomic mass is 35.5. The van der Waals surface area contributed by atoms with E-state index in [9.17, 15) is 9.59 Å². The van der Waals surface area contributed by atoms with Crippen molar-refractivity contribution < 1.29 is 14.3 Å². The van der Waals surface area contributed by atoms with Crippen LogP contribution in [0.3, 0.4) is 0 Å². The molecule has 0 unspecified atom stereocenters. The van der Waals surface area contributed by atoms with Crippen LogP contribution in [-0.2, 0) is 22.4 Å². The smallest absolute Gasteiger partial charge is 0.257 e. The summed E-state index contributed by atoms with van der Waals surface area (Å²) < 4.78 is 5.54. The first-order valence-electron chi connectivity index (χ1n) is 8.17. The third-order valence-electron chi connectivity index (χ3n) is 3.97. The van der Waals surface area contributed by atoms with Crippen molar-refractivity contribution in [2.24, 2.45) is 0 Å². The third kappa shape index (κ3) is 4.97. The van der Waals surface area contributed by atoms with Crippen molar-refractivity contribution in [1.82, 2.24) is 5.32 Å². The molecule has 2 aromatic rings. The number of halogens is 1. The summed E-state index contributed by atoms with van der Waals surface area (Å²) in [5.41, 5.74) is 2.92. The van der Waals surface area contributed by atoms with Crippen LogP contribution in [0.4, 0.5) is 5.69 Å². The highest BCUT2D eigenvalue weighted by Crippen LogP contribution is 2.26. The molecule has 2 N–H and O–H groups in total. The molecule has 1 aliphatic rings. The number of carbonyl (C=O) groups excluding carboxylic acids is 2. The number of amides is 2. The SMILES string of the molecule is O=C(COc1ccc2c(c1)CCC(=O)N2)NCCc1cccc(Cl)c1. The zero-order chi connectivity index (χ0) is 17.6. The molecule has 0 radical (unpaired) electrons. The van der Waals surface area contributed by atoms with Gasteiger partial charge in [-0.2, -0.15) is 0 Å². The van der Waals surface area contributed by atoms with Gasteiger partial charge in [-0.05, 0) is 54.3 Å².